The third-order valence-electron chi connectivity index (χ3n) is 2.38. The highest BCUT2D eigenvalue weighted by molar-refractivity contribution is 6.70. The van der Waals surface area contributed by atoms with Gasteiger partial charge in [-0.3, -0.25) is 0 Å². The fraction of sp³-hybridized carbons (Fsp3) is 0.167. The Hall–Kier alpha value is -1.15. The van der Waals surface area contributed by atoms with Gasteiger partial charge in [-0.05, 0) is 22.9 Å². The molecule has 0 spiro atoms. The molecule has 0 saturated carbocycles. The highest BCUT2D eigenvalue weighted by atomic mass is 28.3. The van der Waals surface area contributed by atoms with E-state index in [0.717, 1.165) is 10.8 Å². The average molecular weight is 203 g/mol. The summed E-state index contributed by atoms with van der Waals surface area (Å²) in [5, 5.41) is 3.47. The second-order valence-electron chi connectivity index (χ2n) is 3.71. The number of fused-ring (bicyclic) bond motifs is 1. The molecule has 0 nitrogen and oxygen atoms in total. The third kappa shape index (κ3) is 1.70. The Morgan fingerprint density at radius 2 is 1.64 bits per heavy atom. The van der Waals surface area contributed by atoms with Crippen molar-refractivity contribution >= 4 is 24.8 Å². The molecule has 71 valence electrons. The van der Waals surface area contributed by atoms with E-state index in [-0.39, 0.29) is 5.82 Å². The van der Waals surface area contributed by atoms with E-state index in [9.17, 15) is 4.39 Å². The maximum absolute atomic E-state index is 13.0. The molecule has 0 aliphatic carbocycles. The second kappa shape index (κ2) is 3.54. The van der Waals surface area contributed by atoms with E-state index < -0.39 is 8.80 Å². The van der Waals surface area contributed by atoms with Crippen molar-refractivity contribution in [2.75, 3.05) is 0 Å². The van der Waals surface area contributed by atoms with Crippen LogP contribution in [0.4, 0.5) is 4.39 Å². The van der Waals surface area contributed by atoms with Crippen LogP contribution < -0.4 is 5.19 Å². The van der Waals surface area contributed by atoms with Crippen molar-refractivity contribution in [3.8, 4) is 0 Å². The Labute approximate surface area is 85.0 Å². The van der Waals surface area contributed by atoms with E-state index in [4.69, 9.17) is 0 Å². The van der Waals surface area contributed by atoms with E-state index in [1.807, 2.05) is 6.07 Å². The predicted molar refractivity (Wildman–Crippen MR) is 61.0 cm³/mol. The van der Waals surface area contributed by atoms with Crippen molar-refractivity contribution in [3.63, 3.8) is 0 Å². The Kier molecular flexibility index (Phi) is 2.38. The van der Waals surface area contributed by atoms with Crippen molar-refractivity contribution in [3.05, 3.63) is 42.2 Å². The van der Waals surface area contributed by atoms with E-state index in [0.29, 0.717) is 0 Å². The molecule has 0 N–H and O–H groups in total. The molecule has 14 heavy (non-hydrogen) atoms. The third-order valence-corrected chi connectivity index (χ3v) is 3.85. The normalized spacial score (nSPS) is 11.1. The monoisotopic (exact) mass is 203 g/mol. The van der Waals surface area contributed by atoms with Crippen LogP contribution in [0.25, 0.3) is 10.8 Å². The lowest BCUT2D eigenvalue weighted by Gasteiger charge is -2.05. The first-order valence-corrected chi connectivity index (χ1v) is 7.17. The van der Waals surface area contributed by atoms with E-state index in [2.05, 4.69) is 31.3 Å². The molecular weight excluding hydrogens is 191 g/mol. The first-order chi connectivity index (χ1) is 6.66. The lowest BCUT2D eigenvalue weighted by molar-refractivity contribution is 0.630. The highest BCUT2D eigenvalue weighted by Crippen LogP contribution is 2.13. The summed E-state index contributed by atoms with van der Waals surface area (Å²) in [5.74, 6) is -0.157. The van der Waals surface area contributed by atoms with E-state index in [1.54, 1.807) is 6.07 Å². The summed E-state index contributed by atoms with van der Waals surface area (Å²) < 4.78 is 13.0. The van der Waals surface area contributed by atoms with Crippen LogP contribution in [0.2, 0.25) is 13.1 Å². The molecule has 0 fully saturated rings. The Balaban J connectivity index is 2.63. The standard InChI is InChI=1S/C12H12FSi/c1-14(2)12-6-4-9-3-5-11(13)7-10(9)8-12/h3-8H,1-2H3. The van der Waals surface area contributed by atoms with Gasteiger partial charge in [0.1, 0.15) is 5.82 Å². The Morgan fingerprint density at radius 1 is 0.929 bits per heavy atom. The number of halogens is 1. The predicted octanol–water partition coefficient (Wildman–Crippen LogP) is 2.94. The molecule has 0 unspecified atom stereocenters. The zero-order valence-electron chi connectivity index (χ0n) is 8.34. The molecule has 0 aliphatic rings. The quantitative estimate of drug-likeness (QED) is 0.625. The number of hydrogen-bond donors (Lipinski definition) is 0. The van der Waals surface area contributed by atoms with Gasteiger partial charge in [0.15, 0.2) is 0 Å². The van der Waals surface area contributed by atoms with Crippen LogP contribution in [0.1, 0.15) is 0 Å². The Bertz CT molecular complexity index is 463. The minimum atomic E-state index is -0.438. The van der Waals surface area contributed by atoms with Gasteiger partial charge in [0.2, 0.25) is 0 Å². The topological polar surface area (TPSA) is 0 Å². The van der Waals surface area contributed by atoms with Gasteiger partial charge in [-0.15, -0.1) is 0 Å². The summed E-state index contributed by atoms with van der Waals surface area (Å²) in [5.41, 5.74) is 0. The first kappa shape index (κ1) is 9.40. The van der Waals surface area contributed by atoms with Crippen molar-refractivity contribution in [1.82, 2.24) is 0 Å². The van der Waals surface area contributed by atoms with Crippen LogP contribution in [0, 0.1) is 5.82 Å². The molecule has 0 amide bonds. The van der Waals surface area contributed by atoms with Crippen LogP contribution in [0.15, 0.2) is 36.4 Å². The van der Waals surface area contributed by atoms with Gasteiger partial charge in [-0.25, -0.2) is 4.39 Å². The van der Waals surface area contributed by atoms with Gasteiger partial charge in [0, 0.05) is 0 Å². The molecular formula is C12H12FSi. The fourth-order valence-corrected chi connectivity index (χ4v) is 2.39. The maximum atomic E-state index is 13.0. The molecule has 0 heterocycles. The van der Waals surface area contributed by atoms with Gasteiger partial charge in [-0.2, -0.15) is 0 Å². The minimum Gasteiger partial charge on any atom is -0.207 e. The largest absolute Gasteiger partial charge is 0.207 e. The van der Waals surface area contributed by atoms with Gasteiger partial charge in [-0.1, -0.05) is 42.5 Å². The molecule has 2 aromatic carbocycles. The average Bonchev–Trinajstić information content (AvgIpc) is 2.16. The summed E-state index contributed by atoms with van der Waals surface area (Å²) in [6.07, 6.45) is 0. The van der Waals surface area contributed by atoms with Crippen molar-refractivity contribution in [1.29, 1.82) is 0 Å². The van der Waals surface area contributed by atoms with Gasteiger partial charge >= 0.3 is 0 Å². The highest BCUT2D eigenvalue weighted by Gasteiger charge is 2.02. The molecule has 2 rings (SSSR count). The summed E-state index contributed by atoms with van der Waals surface area (Å²) in [4.78, 5) is 0. The lowest BCUT2D eigenvalue weighted by Crippen LogP contribution is -2.21. The summed E-state index contributed by atoms with van der Waals surface area (Å²) >= 11 is 0. The van der Waals surface area contributed by atoms with Crippen molar-refractivity contribution in [2.45, 2.75) is 13.1 Å². The van der Waals surface area contributed by atoms with Gasteiger partial charge < -0.3 is 0 Å². The fourth-order valence-electron chi connectivity index (χ4n) is 1.53. The molecule has 0 atom stereocenters. The molecule has 2 aromatic rings. The van der Waals surface area contributed by atoms with Crippen LogP contribution in [0.5, 0.6) is 0 Å². The molecule has 0 aromatic heterocycles. The van der Waals surface area contributed by atoms with Crippen LogP contribution >= 0.6 is 0 Å². The SMILES string of the molecule is C[Si](C)c1ccc2ccc(F)cc2c1. The summed E-state index contributed by atoms with van der Waals surface area (Å²) in [7, 11) is -0.438. The lowest BCUT2D eigenvalue weighted by atomic mass is 10.1. The minimum absolute atomic E-state index is 0.157. The van der Waals surface area contributed by atoms with Crippen LogP contribution in [-0.2, 0) is 0 Å². The second-order valence-corrected chi connectivity index (χ2v) is 6.28. The van der Waals surface area contributed by atoms with Crippen LogP contribution in [0.3, 0.4) is 0 Å². The number of hydrogen-bond acceptors (Lipinski definition) is 0. The van der Waals surface area contributed by atoms with Crippen molar-refractivity contribution in [2.24, 2.45) is 0 Å². The van der Waals surface area contributed by atoms with E-state index in [1.165, 1.54) is 11.3 Å². The molecule has 0 saturated heterocycles. The molecule has 1 radical (unpaired) electrons. The molecule has 0 bridgehead atoms. The van der Waals surface area contributed by atoms with Gasteiger partial charge in [0.25, 0.3) is 0 Å². The van der Waals surface area contributed by atoms with Crippen molar-refractivity contribution < 1.29 is 4.39 Å². The summed E-state index contributed by atoms with van der Waals surface area (Å²) in [6, 6.07) is 11.3. The first-order valence-electron chi connectivity index (χ1n) is 4.67. The number of benzene rings is 2. The van der Waals surface area contributed by atoms with E-state index >= 15 is 0 Å². The zero-order chi connectivity index (χ0) is 10.1. The summed E-state index contributed by atoms with van der Waals surface area (Å²) in [6.45, 7) is 4.48. The van der Waals surface area contributed by atoms with Crippen LogP contribution in [-0.4, -0.2) is 8.80 Å². The zero-order valence-corrected chi connectivity index (χ0v) is 9.34. The Morgan fingerprint density at radius 3 is 2.36 bits per heavy atom. The maximum Gasteiger partial charge on any atom is 0.123 e. The van der Waals surface area contributed by atoms with Gasteiger partial charge in [0.05, 0.1) is 8.80 Å². The molecule has 2 heteroatoms. The smallest absolute Gasteiger partial charge is 0.123 e. The number of rotatable bonds is 1. The molecule has 0 aliphatic heterocycles.